The summed E-state index contributed by atoms with van der Waals surface area (Å²) in [7, 11) is -5.08. The van der Waals surface area contributed by atoms with Gasteiger partial charge in [-0.05, 0) is 13.0 Å². The molecule has 134 valence electrons. The zero-order valence-corrected chi connectivity index (χ0v) is 14.4. The molecule has 1 N–H and O–H groups in total. The lowest BCUT2D eigenvalue weighted by molar-refractivity contribution is -0.383. The third-order valence-corrected chi connectivity index (χ3v) is 4.04. The summed E-state index contributed by atoms with van der Waals surface area (Å²) in [5.41, 5.74) is -2.90. The number of ketones is 1. The van der Waals surface area contributed by atoms with Crippen LogP contribution in [0.15, 0.2) is 16.9 Å². The highest BCUT2D eigenvalue weighted by Crippen LogP contribution is 2.30. The van der Waals surface area contributed by atoms with Gasteiger partial charge in [-0.2, -0.15) is 13.1 Å². The number of carbonyl (C=O) groups excluding carboxylic acids is 1. The van der Waals surface area contributed by atoms with Gasteiger partial charge >= 0.3 is 10.4 Å². The maximum atomic E-state index is 12.7. The van der Waals surface area contributed by atoms with Crippen LogP contribution in [0.1, 0.15) is 29.4 Å². The quantitative estimate of drug-likeness (QED) is 0.351. The Balaban J connectivity index is 3.19. The molecule has 0 spiro atoms. The highest BCUT2D eigenvalue weighted by molar-refractivity contribution is 7.81. The molecule has 0 radical (unpaired) electrons. The fourth-order valence-corrected chi connectivity index (χ4v) is 2.99. The Kier molecular flexibility index (Phi) is 4.84. The van der Waals surface area contributed by atoms with E-state index in [-0.39, 0.29) is 17.1 Å². The van der Waals surface area contributed by atoms with Crippen molar-refractivity contribution in [2.24, 2.45) is 0 Å². The van der Waals surface area contributed by atoms with E-state index < -0.39 is 48.7 Å². The number of nitro groups is 1. The van der Waals surface area contributed by atoms with E-state index in [1.165, 1.54) is 13.8 Å². The van der Waals surface area contributed by atoms with Gasteiger partial charge in [0, 0.05) is 12.5 Å². The van der Waals surface area contributed by atoms with Gasteiger partial charge in [0.15, 0.2) is 5.78 Å². The smallest absolute Gasteiger partial charge is 0.294 e. The number of hydrogen-bond donors (Lipinski definition) is 1. The fraction of sp³-hybridized carbons (Fsp3) is 0.231. The van der Waals surface area contributed by atoms with Gasteiger partial charge < -0.3 is 0 Å². The lowest BCUT2D eigenvalue weighted by Gasteiger charge is -2.16. The molecule has 0 saturated heterocycles. The molecular weight excluding hydrogens is 380 g/mol. The van der Waals surface area contributed by atoms with Gasteiger partial charge in [0.1, 0.15) is 10.9 Å². The topological polar surface area (TPSA) is 146 Å². The van der Waals surface area contributed by atoms with Crippen LogP contribution >= 0.6 is 11.6 Å². The van der Waals surface area contributed by atoms with Crippen LogP contribution in [0, 0.1) is 17.0 Å². The lowest BCUT2D eigenvalue weighted by atomic mass is 10.0. The first-order chi connectivity index (χ1) is 11.5. The van der Waals surface area contributed by atoms with Gasteiger partial charge in [0.25, 0.3) is 5.69 Å². The SMILES string of the molecule is CCC(=O)c1c(C)n(OS(=O)(=O)O)c2c(Cl)ccc([N+](=O)[O-])c2c1=O. The van der Waals surface area contributed by atoms with Crippen LogP contribution in [0.5, 0.6) is 0 Å². The number of fused-ring (bicyclic) bond motifs is 1. The van der Waals surface area contributed by atoms with Crippen molar-refractivity contribution in [2.75, 3.05) is 0 Å². The van der Waals surface area contributed by atoms with E-state index in [0.29, 0.717) is 4.73 Å². The second-order valence-corrected chi connectivity index (χ2v) is 6.32. The predicted octanol–water partition coefficient (Wildman–Crippen LogP) is 1.70. The molecule has 0 bridgehead atoms. The number of nitrogens with zero attached hydrogens (tertiary/aromatic N) is 2. The van der Waals surface area contributed by atoms with Gasteiger partial charge in [-0.1, -0.05) is 18.5 Å². The summed E-state index contributed by atoms with van der Waals surface area (Å²) in [5.74, 6) is -0.689. The van der Waals surface area contributed by atoms with E-state index >= 15 is 0 Å². The minimum absolute atomic E-state index is 0.123. The standard InChI is InChI=1S/C13H11ClN2O8S/c1-3-9(17)10-6(2)15(24-25(21,22)23)12-7(14)4-5-8(16(19)20)11(12)13(10)18/h4-5H,3H2,1-2H3,(H,21,22,23). The van der Waals surface area contributed by atoms with E-state index in [4.69, 9.17) is 16.2 Å². The first-order valence-electron chi connectivity index (χ1n) is 6.72. The van der Waals surface area contributed by atoms with Crippen molar-refractivity contribution >= 4 is 44.4 Å². The molecule has 0 aliphatic heterocycles. The molecule has 0 fully saturated rings. The molecule has 0 aliphatic rings. The summed E-state index contributed by atoms with van der Waals surface area (Å²) >= 11 is 5.95. The van der Waals surface area contributed by atoms with Crippen LogP contribution < -0.4 is 9.71 Å². The third kappa shape index (κ3) is 3.34. The number of pyridine rings is 1. The Morgan fingerprint density at radius 1 is 1.44 bits per heavy atom. The summed E-state index contributed by atoms with van der Waals surface area (Å²) in [6.45, 7) is 2.63. The molecule has 0 aliphatic carbocycles. The second-order valence-electron chi connectivity index (χ2n) is 4.91. The minimum atomic E-state index is -5.08. The Bertz CT molecular complexity index is 1070. The summed E-state index contributed by atoms with van der Waals surface area (Å²) < 4.78 is 36.1. The zero-order chi connectivity index (χ0) is 19.1. The average Bonchev–Trinajstić information content (AvgIpc) is 2.49. The molecule has 0 saturated carbocycles. The molecule has 1 aromatic heterocycles. The van der Waals surface area contributed by atoms with E-state index in [0.717, 1.165) is 12.1 Å². The molecule has 1 aromatic carbocycles. The van der Waals surface area contributed by atoms with Crippen LogP contribution in [-0.2, 0) is 10.4 Å². The van der Waals surface area contributed by atoms with E-state index in [1.54, 1.807) is 0 Å². The van der Waals surface area contributed by atoms with Crippen molar-refractivity contribution in [2.45, 2.75) is 20.3 Å². The highest BCUT2D eigenvalue weighted by Gasteiger charge is 2.28. The monoisotopic (exact) mass is 390 g/mol. The number of hydrogen-bond acceptors (Lipinski definition) is 7. The number of halogens is 1. The summed E-state index contributed by atoms with van der Waals surface area (Å²) in [5, 5.41) is 10.4. The molecule has 10 nitrogen and oxygen atoms in total. The lowest BCUT2D eigenvalue weighted by Crippen LogP contribution is -2.29. The van der Waals surface area contributed by atoms with Crippen LogP contribution in [0.4, 0.5) is 5.69 Å². The number of benzene rings is 1. The Hall–Kier alpha value is -2.50. The van der Waals surface area contributed by atoms with Gasteiger partial charge in [0.2, 0.25) is 5.43 Å². The van der Waals surface area contributed by atoms with Crippen molar-refractivity contribution in [3.05, 3.63) is 48.8 Å². The summed E-state index contributed by atoms with van der Waals surface area (Å²) in [6, 6.07) is 2.01. The molecule has 0 unspecified atom stereocenters. The maximum Gasteiger partial charge on any atom is 0.465 e. The molecule has 12 heteroatoms. The number of carbonyl (C=O) groups is 1. The van der Waals surface area contributed by atoms with Crippen LogP contribution in [0.3, 0.4) is 0 Å². The Morgan fingerprint density at radius 2 is 2.04 bits per heavy atom. The highest BCUT2D eigenvalue weighted by atomic mass is 35.5. The first kappa shape index (κ1) is 18.8. The third-order valence-electron chi connectivity index (χ3n) is 3.40. The Morgan fingerprint density at radius 3 is 2.52 bits per heavy atom. The van der Waals surface area contributed by atoms with E-state index in [9.17, 15) is 28.1 Å². The van der Waals surface area contributed by atoms with Crippen molar-refractivity contribution in [3.8, 4) is 0 Å². The number of non-ortho nitro benzene ring substituents is 1. The number of aromatic nitrogens is 1. The van der Waals surface area contributed by atoms with Gasteiger partial charge in [-0.25, -0.2) is 0 Å². The van der Waals surface area contributed by atoms with Gasteiger partial charge in [-0.15, -0.1) is 0 Å². The molecule has 0 amide bonds. The zero-order valence-electron chi connectivity index (χ0n) is 12.8. The van der Waals surface area contributed by atoms with Crippen LogP contribution in [0.2, 0.25) is 5.02 Å². The second kappa shape index (κ2) is 6.43. The van der Waals surface area contributed by atoms with E-state index in [2.05, 4.69) is 4.28 Å². The van der Waals surface area contributed by atoms with Crippen LogP contribution in [-0.4, -0.2) is 28.4 Å². The molecule has 25 heavy (non-hydrogen) atoms. The molecule has 1 heterocycles. The molecule has 2 aromatic rings. The number of rotatable bonds is 5. The Labute approximate surface area is 145 Å². The minimum Gasteiger partial charge on any atom is -0.294 e. The largest absolute Gasteiger partial charge is 0.465 e. The van der Waals surface area contributed by atoms with Gasteiger partial charge in [-0.3, -0.25) is 28.5 Å². The summed E-state index contributed by atoms with van der Waals surface area (Å²) in [6.07, 6.45) is -0.123. The van der Waals surface area contributed by atoms with Crippen molar-refractivity contribution in [1.82, 2.24) is 4.73 Å². The summed E-state index contributed by atoms with van der Waals surface area (Å²) in [4.78, 5) is 35.1. The predicted molar refractivity (Wildman–Crippen MR) is 87.4 cm³/mol. The first-order valence-corrected chi connectivity index (χ1v) is 8.46. The number of Topliss-reactive ketones (excluding diaryl/α,β-unsaturated/α-hetero) is 1. The van der Waals surface area contributed by atoms with Crippen molar-refractivity contribution in [3.63, 3.8) is 0 Å². The van der Waals surface area contributed by atoms with Crippen LogP contribution in [0.25, 0.3) is 10.9 Å². The average molecular weight is 391 g/mol. The normalized spacial score (nSPS) is 11.5. The molecule has 0 atom stereocenters. The molecular formula is C13H11ClN2O8S. The van der Waals surface area contributed by atoms with E-state index in [1.807, 2.05) is 0 Å². The maximum absolute atomic E-state index is 12.7. The van der Waals surface area contributed by atoms with Crippen molar-refractivity contribution < 1.29 is 27.0 Å². The van der Waals surface area contributed by atoms with Gasteiger partial charge in [0.05, 0.1) is 21.2 Å². The fourth-order valence-electron chi connectivity index (χ4n) is 2.38. The van der Waals surface area contributed by atoms with Crippen molar-refractivity contribution in [1.29, 1.82) is 0 Å². The molecule has 2 rings (SSSR count). The number of nitro benzene ring substituents is 1.